The van der Waals surface area contributed by atoms with Crippen molar-refractivity contribution in [1.29, 1.82) is 5.26 Å². The zero-order valence-corrected chi connectivity index (χ0v) is 16.1. The quantitative estimate of drug-likeness (QED) is 0.443. The van der Waals surface area contributed by atoms with Gasteiger partial charge in [0.15, 0.2) is 6.10 Å². The first-order valence-electron chi connectivity index (χ1n) is 7.96. The van der Waals surface area contributed by atoms with Crippen LogP contribution in [0.4, 0.5) is 5.69 Å². The number of hydrogen-bond acceptors (Lipinski definition) is 4. The molecule has 0 spiro atoms. The maximum absolute atomic E-state index is 12.3. The summed E-state index contributed by atoms with van der Waals surface area (Å²) in [7, 11) is 0. The minimum atomic E-state index is -1.15. The van der Waals surface area contributed by atoms with Gasteiger partial charge in [-0.2, -0.15) is 5.26 Å². The molecule has 1 amide bonds. The number of amides is 1. The van der Waals surface area contributed by atoms with Gasteiger partial charge in [-0.3, -0.25) is 4.79 Å². The fourth-order valence-electron chi connectivity index (χ4n) is 2.09. The molecule has 27 heavy (non-hydrogen) atoms. The standard InChI is InChI=1S/C20H16Cl2N2O3/c1-12-6-8-14(9-7-12)10-15(11-23)20(26)27-13(2)19(25)24-18-16(21)4-3-5-17(18)22/h3-10,13H,1-2H3,(H,24,25)/b15-10+/t13-/m1/s1. The number of rotatable bonds is 5. The molecule has 2 aromatic rings. The number of nitrogens with one attached hydrogen (secondary N) is 1. The van der Waals surface area contributed by atoms with Crippen LogP contribution in [0.2, 0.25) is 10.0 Å². The highest BCUT2D eigenvalue weighted by molar-refractivity contribution is 6.39. The van der Waals surface area contributed by atoms with Crippen LogP contribution in [0.5, 0.6) is 0 Å². The lowest BCUT2D eigenvalue weighted by atomic mass is 10.1. The molecule has 0 bridgehead atoms. The SMILES string of the molecule is Cc1ccc(/C=C(\C#N)C(=O)O[C@H](C)C(=O)Nc2c(Cl)cccc2Cl)cc1. The van der Waals surface area contributed by atoms with Crippen molar-refractivity contribution in [2.75, 3.05) is 5.32 Å². The number of anilines is 1. The first kappa shape index (κ1) is 20.5. The minimum Gasteiger partial charge on any atom is -0.448 e. The second kappa shape index (κ2) is 9.22. The van der Waals surface area contributed by atoms with Crippen molar-refractivity contribution in [2.24, 2.45) is 0 Å². The number of carbonyl (C=O) groups is 2. The van der Waals surface area contributed by atoms with Gasteiger partial charge in [-0.05, 0) is 37.6 Å². The summed E-state index contributed by atoms with van der Waals surface area (Å²) in [5.41, 5.74) is 1.74. The molecule has 0 fully saturated rings. The molecule has 0 aliphatic rings. The number of nitrogens with zero attached hydrogens (tertiary/aromatic N) is 1. The molecule has 0 heterocycles. The van der Waals surface area contributed by atoms with Gasteiger partial charge < -0.3 is 10.1 Å². The molecule has 7 heteroatoms. The third-order valence-electron chi connectivity index (χ3n) is 3.59. The van der Waals surface area contributed by atoms with Crippen molar-refractivity contribution in [1.82, 2.24) is 0 Å². The topological polar surface area (TPSA) is 79.2 Å². The van der Waals surface area contributed by atoms with E-state index in [4.69, 9.17) is 27.9 Å². The Balaban J connectivity index is 2.08. The van der Waals surface area contributed by atoms with Crippen LogP contribution in [0.1, 0.15) is 18.1 Å². The fourth-order valence-corrected chi connectivity index (χ4v) is 2.58. The van der Waals surface area contributed by atoms with Crippen molar-refractivity contribution < 1.29 is 14.3 Å². The molecule has 2 rings (SSSR count). The first-order chi connectivity index (χ1) is 12.8. The average Bonchev–Trinajstić information content (AvgIpc) is 2.64. The summed E-state index contributed by atoms with van der Waals surface area (Å²) in [6.07, 6.45) is 0.247. The maximum atomic E-state index is 12.3. The van der Waals surface area contributed by atoms with E-state index in [9.17, 15) is 14.9 Å². The number of ether oxygens (including phenoxy) is 1. The van der Waals surface area contributed by atoms with Gasteiger partial charge in [-0.15, -0.1) is 0 Å². The molecule has 0 saturated carbocycles. The lowest BCUT2D eigenvalue weighted by Crippen LogP contribution is -2.30. The predicted molar refractivity (Wildman–Crippen MR) is 105 cm³/mol. The predicted octanol–water partition coefficient (Wildman–Crippen LogP) is 4.78. The van der Waals surface area contributed by atoms with Crippen LogP contribution in [0.25, 0.3) is 6.08 Å². The van der Waals surface area contributed by atoms with Crippen LogP contribution >= 0.6 is 23.2 Å². The fraction of sp³-hybridized carbons (Fsp3) is 0.150. The lowest BCUT2D eigenvalue weighted by Gasteiger charge is -2.14. The maximum Gasteiger partial charge on any atom is 0.349 e. The average molecular weight is 403 g/mol. The Labute approximate surface area is 167 Å². The van der Waals surface area contributed by atoms with E-state index in [1.54, 1.807) is 36.4 Å². The number of halogens is 2. The molecule has 5 nitrogen and oxygen atoms in total. The number of para-hydroxylation sites is 1. The second-order valence-electron chi connectivity index (χ2n) is 5.71. The van der Waals surface area contributed by atoms with E-state index < -0.39 is 18.0 Å². The van der Waals surface area contributed by atoms with Crippen LogP contribution in [-0.2, 0) is 14.3 Å². The highest BCUT2D eigenvalue weighted by Gasteiger charge is 2.22. The lowest BCUT2D eigenvalue weighted by molar-refractivity contribution is -0.148. The molecular weight excluding hydrogens is 387 g/mol. The van der Waals surface area contributed by atoms with Crippen LogP contribution in [0, 0.1) is 18.3 Å². The number of nitriles is 1. The molecule has 0 aromatic heterocycles. The van der Waals surface area contributed by atoms with Crippen molar-refractivity contribution in [3.05, 3.63) is 69.2 Å². The smallest absolute Gasteiger partial charge is 0.349 e. The Kier molecular flexibility index (Phi) is 7.00. The summed E-state index contributed by atoms with van der Waals surface area (Å²) in [4.78, 5) is 24.5. The Hall–Kier alpha value is -2.81. The van der Waals surface area contributed by atoms with E-state index >= 15 is 0 Å². The number of benzene rings is 2. The summed E-state index contributed by atoms with van der Waals surface area (Å²) in [6, 6.07) is 13.8. The van der Waals surface area contributed by atoms with E-state index in [0.717, 1.165) is 5.56 Å². The molecule has 0 aliphatic heterocycles. The zero-order valence-electron chi connectivity index (χ0n) is 14.6. The highest BCUT2D eigenvalue weighted by atomic mass is 35.5. The number of aryl methyl sites for hydroxylation is 1. The Morgan fingerprint density at radius 2 is 1.74 bits per heavy atom. The summed E-state index contributed by atoms with van der Waals surface area (Å²) in [6.45, 7) is 3.32. The monoisotopic (exact) mass is 402 g/mol. The van der Waals surface area contributed by atoms with E-state index in [-0.39, 0.29) is 21.3 Å². The number of carbonyl (C=O) groups excluding carboxylic acids is 2. The van der Waals surface area contributed by atoms with Gasteiger partial charge in [0.2, 0.25) is 0 Å². The van der Waals surface area contributed by atoms with Crippen molar-refractivity contribution in [3.8, 4) is 6.07 Å². The van der Waals surface area contributed by atoms with Gasteiger partial charge in [-0.25, -0.2) is 4.79 Å². The molecule has 138 valence electrons. The Bertz CT molecular complexity index is 911. The third-order valence-corrected chi connectivity index (χ3v) is 4.22. The van der Waals surface area contributed by atoms with Crippen LogP contribution < -0.4 is 5.32 Å². The van der Waals surface area contributed by atoms with Gasteiger partial charge in [0.1, 0.15) is 11.6 Å². The van der Waals surface area contributed by atoms with Gasteiger partial charge in [-0.1, -0.05) is 59.1 Å². The van der Waals surface area contributed by atoms with Gasteiger partial charge in [0, 0.05) is 0 Å². The third kappa shape index (κ3) is 5.58. The first-order valence-corrected chi connectivity index (χ1v) is 8.71. The number of esters is 1. The molecule has 1 atom stereocenters. The highest BCUT2D eigenvalue weighted by Crippen LogP contribution is 2.30. The van der Waals surface area contributed by atoms with Crippen molar-refractivity contribution in [2.45, 2.75) is 20.0 Å². The second-order valence-corrected chi connectivity index (χ2v) is 6.53. The van der Waals surface area contributed by atoms with Crippen molar-refractivity contribution >= 4 is 46.8 Å². The molecule has 0 unspecified atom stereocenters. The zero-order chi connectivity index (χ0) is 20.0. The van der Waals surface area contributed by atoms with E-state index in [0.29, 0.717) is 5.56 Å². The Morgan fingerprint density at radius 1 is 1.15 bits per heavy atom. The van der Waals surface area contributed by atoms with E-state index in [2.05, 4.69) is 5.32 Å². The molecular formula is C20H16Cl2N2O3. The molecule has 1 N–H and O–H groups in total. The summed E-state index contributed by atoms with van der Waals surface area (Å²) >= 11 is 12.0. The van der Waals surface area contributed by atoms with Gasteiger partial charge in [0.05, 0.1) is 15.7 Å². The van der Waals surface area contributed by atoms with Crippen LogP contribution in [0.15, 0.2) is 48.0 Å². The summed E-state index contributed by atoms with van der Waals surface area (Å²) in [5, 5.41) is 12.2. The summed E-state index contributed by atoms with van der Waals surface area (Å²) in [5.74, 6) is -1.52. The van der Waals surface area contributed by atoms with Crippen molar-refractivity contribution in [3.63, 3.8) is 0 Å². The van der Waals surface area contributed by atoms with Crippen LogP contribution in [0.3, 0.4) is 0 Å². The van der Waals surface area contributed by atoms with Gasteiger partial charge in [0.25, 0.3) is 5.91 Å². The minimum absolute atomic E-state index is 0.214. The van der Waals surface area contributed by atoms with E-state index in [1.165, 1.54) is 13.0 Å². The molecule has 0 aliphatic carbocycles. The number of hydrogen-bond donors (Lipinski definition) is 1. The summed E-state index contributed by atoms with van der Waals surface area (Å²) < 4.78 is 5.09. The molecule has 0 saturated heterocycles. The molecule has 0 radical (unpaired) electrons. The normalized spacial score (nSPS) is 12.0. The van der Waals surface area contributed by atoms with E-state index in [1.807, 2.05) is 19.1 Å². The van der Waals surface area contributed by atoms with Crippen LogP contribution in [-0.4, -0.2) is 18.0 Å². The largest absolute Gasteiger partial charge is 0.448 e. The van der Waals surface area contributed by atoms with Gasteiger partial charge >= 0.3 is 5.97 Å². The molecule has 2 aromatic carbocycles. The Morgan fingerprint density at radius 3 is 2.30 bits per heavy atom.